The Bertz CT molecular complexity index is 411. The highest BCUT2D eigenvalue weighted by molar-refractivity contribution is 8.00. The van der Waals surface area contributed by atoms with Gasteiger partial charge < -0.3 is 5.32 Å². The van der Waals surface area contributed by atoms with E-state index in [0.717, 1.165) is 5.56 Å². The fourth-order valence-electron chi connectivity index (χ4n) is 1.34. The van der Waals surface area contributed by atoms with E-state index in [1.807, 2.05) is 18.2 Å². The summed E-state index contributed by atoms with van der Waals surface area (Å²) in [4.78, 5) is 11.0. The molecule has 1 aliphatic heterocycles. The van der Waals surface area contributed by atoms with Gasteiger partial charge in [0, 0.05) is 0 Å². The van der Waals surface area contributed by atoms with E-state index >= 15 is 0 Å². The fourth-order valence-corrected chi connectivity index (χ4v) is 2.29. The van der Waals surface area contributed by atoms with Crippen LogP contribution in [0.25, 0.3) is 0 Å². The lowest BCUT2D eigenvalue weighted by Gasteiger charge is -2.08. The Labute approximate surface area is 86.1 Å². The molecule has 1 unspecified atom stereocenters. The third kappa shape index (κ3) is 1.73. The van der Waals surface area contributed by atoms with Crippen LogP contribution < -0.4 is 5.32 Å². The van der Waals surface area contributed by atoms with Gasteiger partial charge in [0.05, 0.1) is 17.4 Å². The lowest BCUT2D eigenvalue weighted by Crippen LogP contribution is -2.18. The average Bonchev–Trinajstić information content (AvgIpc) is 2.65. The Kier molecular flexibility index (Phi) is 2.42. The van der Waals surface area contributed by atoms with Gasteiger partial charge in [-0.1, -0.05) is 12.1 Å². The maximum Gasteiger partial charge on any atom is 0.231 e. The molecule has 1 aromatic carbocycles. The third-order valence-corrected chi connectivity index (χ3v) is 3.14. The van der Waals surface area contributed by atoms with Crippen LogP contribution in [0, 0.1) is 11.3 Å². The molecule has 0 bridgehead atoms. The Morgan fingerprint density at radius 3 is 3.07 bits per heavy atom. The van der Waals surface area contributed by atoms with Crippen LogP contribution in [0.2, 0.25) is 0 Å². The first kappa shape index (κ1) is 9.10. The molecule has 0 spiro atoms. The van der Waals surface area contributed by atoms with Crippen molar-refractivity contribution < 1.29 is 4.79 Å². The number of carbonyl (C=O) groups is 1. The van der Waals surface area contributed by atoms with Gasteiger partial charge in [0.25, 0.3) is 0 Å². The van der Waals surface area contributed by atoms with Crippen molar-refractivity contribution in [1.82, 2.24) is 5.32 Å². The maximum absolute atomic E-state index is 11.0. The van der Waals surface area contributed by atoms with Crippen molar-refractivity contribution in [3.63, 3.8) is 0 Å². The molecule has 1 aliphatic rings. The van der Waals surface area contributed by atoms with Crippen LogP contribution in [0.1, 0.15) is 16.5 Å². The molecule has 0 aliphatic carbocycles. The second-order valence-electron chi connectivity index (χ2n) is 3.00. The van der Waals surface area contributed by atoms with Crippen LogP contribution in [0.4, 0.5) is 0 Å². The summed E-state index contributed by atoms with van der Waals surface area (Å²) in [5, 5.41) is 11.6. The van der Waals surface area contributed by atoms with Gasteiger partial charge in [-0.15, -0.1) is 11.8 Å². The van der Waals surface area contributed by atoms with Gasteiger partial charge in [-0.25, -0.2) is 0 Å². The molecular weight excluding hydrogens is 196 g/mol. The highest BCUT2D eigenvalue weighted by Gasteiger charge is 2.22. The smallest absolute Gasteiger partial charge is 0.231 e. The number of nitriles is 1. The number of nitrogens with one attached hydrogen (secondary N) is 1. The number of amides is 1. The first-order chi connectivity index (χ1) is 6.79. The fraction of sp³-hybridized carbons (Fsp3) is 0.200. The van der Waals surface area contributed by atoms with Gasteiger partial charge in [-0.05, 0) is 17.7 Å². The first-order valence-electron chi connectivity index (χ1n) is 4.20. The SMILES string of the molecule is N#Cc1cccc(C2NC(=O)CS2)c1. The number of nitrogens with zero attached hydrogens (tertiary/aromatic N) is 1. The molecule has 4 heteroatoms. The quantitative estimate of drug-likeness (QED) is 0.752. The summed E-state index contributed by atoms with van der Waals surface area (Å²) in [6.07, 6.45) is 0. The minimum absolute atomic E-state index is 0.01000. The minimum Gasteiger partial charge on any atom is -0.339 e. The Morgan fingerprint density at radius 1 is 1.57 bits per heavy atom. The number of hydrogen-bond acceptors (Lipinski definition) is 3. The largest absolute Gasteiger partial charge is 0.339 e. The van der Waals surface area contributed by atoms with Gasteiger partial charge >= 0.3 is 0 Å². The van der Waals surface area contributed by atoms with Crippen LogP contribution in [-0.4, -0.2) is 11.7 Å². The summed E-state index contributed by atoms with van der Waals surface area (Å²) in [6, 6.07) is 9.40. The number of thioether (sulfide) groups is 1. The molecule has 1 N–H and O–H groups in total. The van der Waals surface area contributed by atoms with Gasteiger partial charge in [0.1, 0.15) is 5.37 Å². The van der Waals surface area contributed by atoms with E-state index in [9.17, 15) is 4.79 Å². The molecule has 1 aromatic rings. The highest BCUT2D eigenvalue weighted by Crippen LogP contribution is 2.30. The molecule has 2 rings (SSSR count). The molecule has 1 heterocycles. The maximum atomic E-state index is 11.0. The van der Waals surface area contributed by atoms with Crippen LogP contribution in [0.3, 0.4) is 0 Å². The number of rotatable bonds is 1. The number of carbonyl (C=O) groups excluding carboxylic acids is 1. The normalized spacial score (nSPS) is 20.2. The van der Waals surface area contributed by atoms with Gasteiger partial charge in [-0.2, -0.15) is 5.26 Å². The van der Waals surface area contributed by atoms with Crippen molar-refractivity contribution >= 4 is 17.7 Å². The predicted molar refractivity (Wildman–Crippen MR) is 54.5 cm³/mol. The molecule has 70 valence electrons. The van der Waals surface area contributed by atoms with E-state index in [1.54, 1.807) is 17.8 Å². The van der Waals surface area contributed by atoms with Crippen molar-refractivity contribution in [2.75, 3.05) is 5.75 Å². The molecule has 14 heavy (non-hydrogen) atoms. The van der Waals surface area contributed by atoms with E-state index < -0.39 is 0 Å². The zero-order valence-electron chi connectivity index (χ0n) is 7.36. The Hall–Kier alpha value is -1.47. The third-order valence-electron chi connectivity index (χ3n) is 1.99. The van der Waals surface area contributed by atoms with Crippen molar-refractivity contribution in [2.24, 2.45) is 0 Å². The molecule has 1 fully saturated rings. The van der Waals surface area contributed by atoms with E-state index in [2.05, 4.69) is 11.4 Å². The van der Waals surface area contributed by atoms with E-state index in [4.69, 9.17) is 5.26 Å². The summed E-state index contributed by atoms with van der Waals surface area (Å²) in [6.45, 7) is 0. The van der Waals surface area contributed by atoms with Crippen molar-refractivity contribution in [2.45, 2.75) is 5.37 Å². The molecule has 1 saturated heterocycles. The van der Waals surface area contributed by atoms with Crippen LogP contribution in [0.15, 0.2) is 24.3 Å². The summed E-state index contributed by atoms with van der Waals surface area (Å²) >= 11 is 1.55. The Balaban J connectivity index is 2.24. The minimum atomic E-state index is 0.01000. The van der Waals surface area contributed by atoms with Crippen LogP contribution >= 0.6 is 11.8 Å². The monoisotopic (exact) mass is 204 g/mol. The molecular formula is C10H8N2OS. The van der Waals surface area contributed by atoms with Crippen LogP contribution in [0.5, 0.6) is 0 Å². The topological polar surface area (TPSA) is 52.9 Å². The van der Waals surface area contributed by atoms with Crippen molar-refractivity contribution in [3.05, 3.63) is 35.4 Å². The lowest BCUT2D eigenvalue weighted by molar-refractivity contribution is -0.118. The van der Waals surface area contributed by atoms with Crippen LogP contribution in [-0.2, 0) is 4.79 Å². The first-order valence-corrected chi connectivity index (χ1v) is 5.25. The van der Waals surface area contributed by atoms with Crippen molar-refractivity contribution in [3.8, 4) is 6.07 Å². The number of hydrogen-bond donors (Lipinski definition) is 1. The Morgan fingerprint density at radius 2 is 2.43 bits per heavy atom. The molecule has 1 atom stereocenters. The summed E-state index contributed by atoms with van der Waals surface area (Å²) in [5.74, 6) is 0.559. The van der Waals surface area contributed by atoms with Crippen molar-refractivity contribution in [1.29, 1.82) is 5.26 Å². The molecule has 0 saturated carbocycles. The van der Waals surface area contributed by atoms with Gasteiger partial charge in [0.2, 0.25) is 5.91 Å². The van der Waals surface area contributed by atoms with Gasteiger partial charge in [-0.3, -0.25) is 4.79 Å². The molecule has 0 radical (unpaired) electrons. The summed E-state index contributed by atoms with van der Waals surface area (Å²) in [5.41, 5.74) is 1.61. The zero-order chi connectivity index (χ0) is 9.97. The second kappa shape index (κ2) is 3.72. The lowest BCUT2D eigenvalue weighted by atomic mass is 10.1. The molecule has 0 aromatic heterocycles. The number of benzene rings is 1. The second-order valence-corrected chi connectivity index (χ2v) is 4.09. The van der Waals surface area contributed by atoms with E-state index in [0.29, 0.717) is 11.3 Å². The molecule has 1 amide bonds. The highest BCUT2D eigenvalue weighted by atomic mass is 32.2. The van der Waals surface area contributed by atoms with E-state index in [1.165, 1.54) is 0 Å². The standard InChI is InChI=1S/C10H8N2OS/c11-5-7-2-1-3-8(4-7)10-12-9(13)6-14-10/h1-4,10H,6H2,(H,12,13). The van der Waals surface area contributed by atoms with Gasteiger partial charge in [0.15, 0.2) is 0 Å². The summed E-state index contributed by atoms with van der Waals surface area (Å²) < 4.78 is 0. The predicted octanol–water partition coefficient (Wildman–Crippen LogP) is 1.42. The zero-order valence-corrected chi connectivity index (χ0v) is 8.17. The average molecular weight is 204 g/mol. The molecule has 3 nitrogen and oxygen atoms in total. The van der Waals surface area contributed by atoms with E-state index in [-0.39, 0.29) is 11.3 Å². The summed E-state index contributed by atoms with van der Waals surface area (Å²) in [7, 11) is 0.